The number of carboxylic acids is 1. The molecule has 5 heteroatoms. The molecule has 1 heterocycles. The fourth-order valence-corrected chi connectivity index (χ4v) is 4.24. The molecule has 1 aliphatic rings. The van der Waals surface area contributed by atoms with Gasteiger partial charge >= 0.3 is 5.97 Å². The highest BCUT2D eigenvalue weighted by Gasteiger charge is 2.26. The topological polar surface area (TPSA) is 66.4 Å². The van der Waals surface area contributed by atoms with E-state index in [0.29, 0.717) is 24.4 Å². The molecule has 25 heavy (non-hydrogen) atoms. The van der Waals surface area contributed by atoms with Gasteiger partial charge in [-0.15, -0.1) is 11.3 Å². The van der Waals surface area contributed by atoms with E-state index in [9.17, 15) is 14.7 Å². The highest BCUT2D eigenvalue weighted by Crippen LogP contribution is 2.34. The summed E-state index contributed by atoms with van der Waals surface area (Å²) >= 11 is 1.56. The smallest absolute Gasteiger partial charge is 0.310 e. The molecular weight excluding hydrogens is 334 g/mol. The van der Waals surface area contributed by atoms with Crippen molar-refractivity contribution in [2.75, 3.05) is 5.32 Å². The first-order valence-corrected chi connectivity index (χ1v) is 9.65. The van der Waals surface area contributed by atoms with Crippen molar-refractivity contribution in [1.29, 1.82) is 0 Å². The number of hydrogen-bond donors (Lipinski definition) is 2. The maximum atomic E-state index is 12.0. The summed E-state index contributed by atoms with van der Waals surface area (Å²) in [5.74, 6) is -0.762. The lowest BCUT2D eigenvalue weighted by molar-refractivity contribution is -0.139. The van der Waals surface area contributed by atoms with Gasteiger partial charge in [0, 0.05) is 10.6 Å². The Balaban J connectivity index is 1.61. The van der Waals surface area contributed by atoms with E-state index in [1.54, 1.807) is 23.5 Å². The van der Waals surface area contributed by atoms with E-state index in [0.717, 1.165) is 23.3 Å². The van der Waals surface area contributed by atoms with E-state index in [1.165, 1.54) is 12.8 Å². The van der Waals surface area contributed by atoms with Gasteiger partial charge in [-0.05, 0) is 41.5 Å². The number of carbonyl (C=O) groups excluding carboxylic acids is 1. The molecule has 1 aromatic carbocycles. The predicted molar refractivity (Wildman–Crippen MR) is 100 cm³/mol. The second-order valence-electron chi connectivity index (χ2n) is 6.70. The second-order valence-corrected chi connectivity index (χ2v) is 7.74. The Morgan fingerprint density at radius 1 is 1.16 bits per heavy atom. The van der Waals surface area contributed by atoms with Crippen LogP contribution in [0, 0.1) is 5.92 Å². The van der Waals surface area contributed by atoms with E-state index in [2.05, 4.69) is 5.32 Å². The lowest BCUT2D eigenvalue weighted by Crippen LogP contribution is -2.16. The van der Waals surface area contributed by atoms with E-state index in [1.807, 2.05) is 29.6 Å². The summed E-state index contributed by atoms with van der Waals surface area (Å²) in [4.78, 5) is 24.7. The lowest BCUT2D eigenvalue weighted by atomic mass is 9.88. The predicted octanol–water partition coefficient (Wildman–Crippen LogP) is 4.68. The van der Waals surface area contributed by atoms with Gasteiger partial charge in [-0.1, -0.05) is 43.9 Å². The van der Waals surface area contributed by atoms with E-state index >= 15 is 0 Å². The van der Waals surface area contributed by atoms with E-state index < -0.39 is 11.9 Å². The zero-order valence-corrected chi connectivity index (χ0v) is 14.9. The molecular formula is C20H23NO3S. The molecule has 0 saturated heterocycles. The Bertz CT molecular complexity index is 703. The molecule has 1 saturated carbocycles. The molecule has 2 N–H and O–H groups in total. The number of anilines is 1. The SMILES string of the molecule is O=C(Cc1cccs1)Nc1ccc(C(CC2CCCC2)C(=O)O)cc1. The van der Waals surface area contributed by atoms with E-state index in [4.69, 9.17) is 0 Å². The van der Waals surface area contributed by atoms with E-state index in [-0.39, 0.29) is 5.91 Å². The first kappa shape index (κ1) is 17.7. The van der Waals surface area contributed by atoms with Gasteiger partial charge in [0.1, 0.15) is 0 Å². The largest absolute Gasteiger partial charge is 0.481 e. The maximum absolute atomic E-state index is 12.0. The monoisotopic (exact) mass is 357 g/mol. The minimum atomic E-state index is -0.763. The Morgan fingerprint density at radius 2 is 1.88 bits per heavy atom. The summed E-state index contributed by atoms with van der Waals surface area (Å²) < 4.78 is 0. The number of carboxylic acid groups (broad SMARTS) is 1. The average molecular weight is 357 g/mol. The highest BCUT2D eigenvalue weighted by atomic mass is 32.1. The number of hydrogen-bond acceptors (Lipinski definition) is 3. The minimum absolute atomic E-state index is 0.0593. The van der Waals surface area contributed by atoms with Crippen molar-refractivity contribution >= 4 is 28.9 Å². The summed E-state index contributed by atoms with van der Waals surface area (Å²) in [6.45, 7) is 0. The van der Waals surface area contributed by atoms with Crippen LogP contribution in [-0.4, -0.2) is 17.0 Å². The molecule has 2 aromatic rings. The Labute approximate surface area is 151 Å². The van der Waals surface area contributed by atoms with Crippen LogP contribution in [0.2, 0.25) is 0 Å². The van der Waals surface area contributed by atoms with Gasteiger partial charge in [-0.25, -0.2) is 0 Å². The van der Waals surface area contributed by atoms with Gasteiger partial charge in [0.15, 0.2) is 0 Å². The number of carbonyl (C=O) groups is 2. The Kier molecular flexibility index (Phi) is 5.87. The van der Waals surface area contributed by atoms with Crippen molar-refractivity contribution in [1.82, 2.24) is 0 Å². The lowest BCUT2D eigenvalue weighted by Gasteiger charge is -2.17. The fraction of sp³-hybridized carbons (Fsp3) is 0.400. The first-order chi connectivity index (χ1) is 12.1. The summed E-state index contributed by atoms with van der Waals surface area (Å²) in [5, 5.41) is 14.4. The van der Waals surface area contributed by atoms with Crippen LogP contribution in [0.3, 0.4) is 0 Å². The van der Waals surface area contributed by atoms with Gasteiger partial charge in [-0.3, -0.25) is 9.59 Å². The standard InChI is InChI=1S/C20H23NO3S/c22-19(13-17-6-3-11-25-17)21-16-9-7-15(8-10-16)18(20(23)24)12-14-4-1-2-5-14/h3,6-11,14,18H,1-2,4-5,12-13H2,(H,21,22)(H,23,24). The molecule has 0 radical (unpaired) electrons. The maximum Gasteiger partial charge on any atom is 0.310 e. The fourth-order valence-electron chi connectivity index (χ4n) is 3.53. The number of rotatable bonds is 7. The van der Waals surface area contributed by atoms with Gasteiger partial charge in [0.25, 0.3) is 0 Å². The molecule has 1 aromatic heterocycles. The first-order valence-electron chi connectivity index (χ1n) is 8.77. The molecule has 132 valence electrons. The van der Waals surface area contributed by atoms with Crippen LogP contribution in [0.1, 0.15) is 48.5 Å². The molecule has 1 atom stereocenters. The molecule has 0 spiro atoms. The summed E-state index contributed by atoms with van der Waals surface area (Å²) in [6.07, 6.45) is 5.78. The van der Waals surface area contributed by atoms with Crippen molar-refractivity contribution in [3.05, 3.63) is 52.2 Å². The third-order valence-electron chi connectivity index (χ3n) is 4.85. The molecule has 0 bridgehead atoms. The van der Waals surface area contributed by atoms with Gasteiger partial charge in [-0.2, -0.15) is 0 Å². The summed E-state index contributed by atoms with van der Waals surface area (Å²) in [7, 11) is 0. The minimum Gasteiger partial charge on any atom is -0.481 e. The summed E-state index contributed by atoms with van der Waals surface area (Å²) in [6, 6.07) is 11.1. The number of thiophene rings is 1. The molecule has 3 rings (SSSR count). The number of nitrogens with one attached hydrogen (secondary N) is 1. The van der Waals surface area contributed by atoms with Crippen molar-refractivity contribution in [2.45, 2.75) is 44.4 Å². The molecule has 1 unspecified atom stereocenters. The quantitative estimate of drug-likeness (QED) is 0.756. The van der Waals surface area contributed by atoms with Crippen molar-refractivity contribution in [2.24, 2.45) is 5.92 Å². The highest BCUT2D eigenvalue weighted by molar-refractivity contribution is 7.10. The molecule has 1 aliphatic carbocycles. The van der Waals surface area contributed by atoms with Gasteiger partial charge in [0.05, 0.1) is 12.3 Å². The van der Waals surface area contributed by atoms with Crippen LogP contribution in [0.5, 0.6) is 0 Å². The zero-order chi connectivity index (χ0) is 17.6. The van der Waals surface area contributed by atoms with Crippen LogP contribution in [0.25, 0.3) is 0 Å². The molecule has 4 nitrogen and oxygen atoms in total. The molecule has 0 aliphatic heterocycles. The average Bonchev–Trinajstić information content (AvgIpc) is 3.27. The van der Waals surface area contributed by atoms with Crippen molar-refractivity contribution in [3.63, 3.8) is 0 Å². The summed E-state index contributed by atoms with van der Waals surface area (Å²) in [5.41, 5.74) is 1.52. The Morgan fingerprint density at radius 3 is 2.48 bits per heavy atom. The van der Waals surface area contributed by atoms with Crippen LogP contribution in [-0.2, 0) is 16.0 Å². The van der Waals surface area contributed by atoms with Crippen LogP contribution >= 0.6 is 11.3 Å². The van der Waals surface area contributed by atoms with Crippen LogP contribution in [0.4, 0.5) is 5.69 Å². The number of benzene rings is 1. The third kappa shape index (κ3) is 4.92. The molecule has 1 amide bonds. The number of amides is 1. The third-order valence-corrected chi connectivity index (χ3v) is 5.73. The normalized spacial score (nSPS) is 15.8. The van der Waals surface area contributed by atoms with Crippen LogP contribution < -0.4 is 5.32 Å². The van der Waals surface area contributed by atoms with Gasteiger partial charge in [0.2, 0.25) is 5.91 Å². The van der Waals surface area contributed by atoms with Gasteiger partial charge < -0.3 is 10.4 Å². The number of aliphatic carboxylic acids is 1. The van der Waals surface area contributed by atoms with Crippen molar-refractivity contribution in [3.8, 4) is 0 Å². The zero-order valence-electron chi connectivity index (χ0n) is 14.1. The van der Waals surface area contributed by atoms with Crippen molar-refractivity contribution < 1.29 is 14.7 Å². The molecule has 1 fully saturated rings. The second kappa shape index (κ2) is 8.30. The Hall–Kier alpha value is -2.14. The van der Waals surface area contributed by atoms with Crippen LogP contribution in [0.15, 0.2) is 41.8 Å².